The Morgan fingerprint density at radius 2 is 1.30 bits per heavy atom. The van der Waals surface area contributed by atoms with Gasteiger partial charge in [-0.2, -0.15) is 0 Å². The Bertz CT molecular complexity index is 616. The first-order chi connectivity index (χ1) is 9.59. The van der Waals surface area contributed by atoms with E-state index < -0.39 is 0 Å². The first-order valence-electron chi connectivity index (χ1n) is 6.31. The SMILES string of the molecule is Cc1cccc(C)c1C(=O)NNC(=O)c1ccccc1. The van der Waals surface area contributed by atoms with E-state index in [4.69, 9.17) is 0 Å². The molecule has 0 saturated carbocycles. The Morgan fingerprint density at radius 3 is 1.90 bits per heavy atom. The number of benzene rings is 2. The summed E-state index contributed by atoms with van der Waals surface area (Å²) in [4.78, 5) is 23.9. The molecule has 0 aromatic heterocycles. The number of hydrogen-bond acceptors (Lipinski definition) is 2. The van der Waals surface area contributed by atoms with Gasteiger partial charge >= 0.3 is 0 Å². The van der Waals surface area contributed by atoms with Gasteiger partial charge < -0.3 is 0 Å². The Hall–Kier alpha value is -2.62. The van der Waals surface area contributed by atoms with Gasteiger partial charge in [-0.05, 0) is 37.1 Å². The van der Waals surface area contributed by atoms with Crippen LogP contribution in [0, 0.1) is 13.8 Å². The zero-order valence-corrected chi connectivity index (χ0v) is 11.4. The van der Waals surface area contributed by atoms with Gasteiger partial charge in [-0.25, -0.2) is 0 Å². The van der Waals surface area contributed by atoms with Gasteiger partial charge in [0.05, 0.1) is 0 Å². The molecule has 0 aliphatic heterocycles. The number of carbonyl (C=O) groups is 2. The molecule has 0 radical (unpaired) electrons. The summed E-state index contributed by atoms with van der Waals surface area (Å²) >= 11 is 0. The number of hydrogen-bond donors (Lipinski definition) is 2. The molecule has 4 heteroatoms. The molecule has 2 rings (SSSR count). The largest absolute Gasteiger partial charge is 0.270 e. The molecule has 0 unspecified atom stereocenters. The maximum atomic E-state index is 12.1. The van der Waals surface area contributed by atoms with Crippen LogP contribution in [0.3, 0.4) is 0 Å². The molecule has 2 aromatic carbocycles. The molecule has 0 spiro atoms. The van der Waals surface area contributed by atoms with Crippen molar-refractivity contribution in [1.82, 2.24) is 10.9 Å². The Balaban J connectivity index is 2.05. The standard InChI is InChI=1S/C16H16N2O2/c1-11-7-6-8-12(2)14(11)16(20)18-17-15(19)13-9-4-3-5-10-13/h3-10H,1-2H3,(H,17,19)(H,18,20). The molecule has 0 aliphatic rings. The topological polar surface area (TPSA) is 58.2 Å². The lowest BCUT2D eigenvalue weighted by Gasteiger charge is -2.11. The van der Waals surface area contributed by atoms with Gasteiger partial charge in [0, 0.05) is 11.1 Å². The van der Waals surface area contributed by atoms with Crippen molar-refractivity contribution in [3.05, 3.63) is 70.8 Å². The predicted octanol–water partition coefficient (Wildman–Crippen LogP) is 2.38. The summed E-state index contributed by atoms with van der Waals surface area (Å²) in [6.07, 6.45) is 0. The number of carbonyl (C=O) groups excluding carboxylic acids is 2. The van der Waals surface area contributed by atoms with Crippen molar-refractivity contribution in [2.45, 2.75) is 13.8 Å². The van der Waals surface area contributed by atoms with Gasteiger partial charge in [0.15, 0.2) is 0 Å². The molecule has 0 saturated heterocycles. The highest BCUT2D eigenvalue weighted by molar-refractivity contribution is 6.00. The third kappa shape index (κ3) is 3.03. The van der Waals surface area contributed by atoms with E-state index >= 15 is 0 Å². The Kier molecular flexibility index (Phi) is 4.15. The van der Waals surface area contributed by atoms with Crippen molar-refractivity contribution in [2.75, 3.05) is 0 Å². The highest BCUT2D eigenvalue weighted by atomic mass is 16.2. The molecular weight excluding hydrogens is 252 g/mol. The van der Waals surface area contributed by atoms with Crippen LogP contribution in [0.2, 0.25) is 0 Å². The van der Waals surface area contributed by atoms with E-state index in [9.17, 15) is 9.59 Å². The average molecular weight is 268 g/mol. The quantitative estimate of drug-likeness (QED) is 0.822. The Labute approximate surface area is 117 Å². The molecule has 0 atom stereocenters. The smallest absolute Gasteiger partial charge is 0.267 e. The van der Waals surface area contributed by atoms with Crippen molar-refractivity contribution >= 4 is 11.8 Å². The lowest BCUT2D eigenvalue weighted by molar-refractivity contribution is 0.0846. The fraction of sp³-hybridized carbons (Fsp3) is 0.125. The summed E-state index contributed by atoms with van der Waals surface area (Å²) in [5.74, 6) is -0.657. The highest BCUT2D eigenvalue weighted by Crippen LogP contribution is 2.12. The lowest BCUT2D eigenvalue weighted by Crippen LogP contribution is -2.42. The minimum atomic E-state index is -0.342. The summed E-state index contributed by atoms with van der Waals surface area (Å²) in [7, 11) is 0. The first kappa shape index (κ1) is 13.8. The third-order valence-electron chi connectivity index (χ3n) is 3.03. The molecule has 4 nitrogen and oxygen atoms in total. The van der Waals surface area contributed by atoms with Crippen molar-refractivity contribution in [1.29, 1.82) is 0 Å². The van der Waals surface area contributed by atoms with Gasteiger partial charge in [-0.1, -0.05) is 36.4 Å². The highest BCUT2D eigenvalue weighted by Gasteiger charge is 2.12. The van der Waals surface area contributed by atoms with Crippen LogP contribution in [-0.2, 0) is 0 Å². The number of rotatable bonds is 2. The zero-order chi connectivity index (χ0) is 14.5. The van der Waals surface area contributed by atoms with Gasteiger partial charge in [0.2, 0.25) is 0 Å². The van der Waals surface area contributed by atoms with Crippen LogP contribution in [0.1, 0.15) is 31.8 Å². The fourth-order valence-electron chi connectivity index (χ4n) is 2.01. The molecule has 2 aromatic rings. The fourth-order valence-corrected chi connectivity index (χ4v) is 2.01. The monoisotopic (exact) mass is 268 g/mol. The summed E-state index contributed by atoms with van der Waals surface area (Å²) in [5.41, 5.74) is 7.68. The molecule has 0 bridgehead atoms. The second kappa shape index (κ2) is 6.02. The predicted molar refractivity (Wildman–Crippen MR) is 77.3 cm³/mol. The van der Waals surface area contributed by atoms with E-state index in [1.807, 2.05) is 38.1 Å². The van der Waals surface area contributed by atoms with Crippen molar-refractivity contribution in [3.63, 3.8) is 0 Å². The summed E-state index contributed by atoms with van der Waals surface area (Å²) in [5, 5.41) is 0. The lowest BCUT2D eigenvalue weighted by atomic mass is 10.0. The minimum Gasteiger partial charge on any atom is -0.267 e. The van der Waals surface area contributed by atoms with E-state index in [1.54, 1.807) is 24.3 Å². The van der Waals surface area contributed by atoms with Crippen molar-refractivity contribution in [3.8, 4) is 0 Å². The second-order valence-corrected chi connectivity index (χ2v) is 4.54. The number of amides is 2. The molecule has 102 valence electrons. The third-order valence-corrected chi connectivity index (χ3v) is 3.03. The van der Waals surface area contributed by atoms with Crippen LogP contribution in [0.15, 0.2) is 48.5 Å². The van der Waals surface area contributed by atoms with Gasteiger partial charge in [0.25, 0.3) is 11.8 Å². The number of nitrogens with one attached hydrogen (secondary N) is 2. The average Bonchev–Trinajstić information content (AvgIpc) is 2.45. The Morgan fingerprint density at radius 1 is 0.750 bits per heavy atom. The van der Waals surface area contributed by atoms with Crippen molar-refractivity contribution < 1.29 is 9.59 Å². The summed E-state index contributed by atoms with van der Waals surface area (Å²) < 4.78 is 0. The van der Waals surface area contributed by atoms with E-state index in [0.29, 0.717) is 11.1 Å². The maximum Gasteiger partial charge on any atom is 0.270 e. The van der Waals surface area contributed by atoms with Crippen LogP contribution in [0.25, 0.3) is 0 Å². The first-order valence-corrected chi connectivity index (χ1v) is 6.31. The molecule has 2 amide bonds. The normalized spacial score (nSPS) is 9.90. The van der Waals surface area contributed by atoms with Crippen LogP contribution < -0.4 is 10.9 Å². The second-order valence-electron chi connectivity index (χ2n) is 4.54. The molecule has 0 heterocycles. The number of aryl methyl sites for hydroxylation is 2. The van der Waals surface area contributed by atoms with E-state index in [1.165, 1.54) is 0 Å². The number of hydrazine groups is 1. The molecule has 0 fully saturated rings. The molecule has 2 N–H and O–H groups in total. The van der Waals surface area contributed by atoms with E-state index in [0.717, 1.165) is 11.1 Å². The van der Waals surface area contributed by atoms with E-state index in [2.05, 4.69) is 10.9 Å². The van der Waals surface area contributed by atoms with Crippen LogP contribution in [-0.4, -0.2) is 11.8 Å². The van der Waals surface area contributed by atoms with Gasteiger partial charge in [-0.3, -0.25) is 20.4 Å². The van der Waals surface area contributed by atoms with Crippen molar-refractivity contribution in [2.24, 2.45) is 0 Å². The van der Waals surface area contributed by atoms with Crippen LogP contribution >= 0.6 is 0 Å². The van der Waals surface area contributed by atoms with Crippen LogP contribution in [0.4, 0.5) is 0 Å². The maximum absolute atomic E-state index is 12.1. The van der Waals surface area contributed by atoms with Gasteiger partial charge in [0.1, 0.15) is 0 Å². The molecule has 20 heavy (non-hydrogen) atoms. The molecule has 0 aliphatic carbocycles. The van der Waals surface area contributed by atoms with E-state index in [-0.39, 0.29) is 11.8 Å². The minimum absolute atomic E-state index is 0.315. The molecular formula is C16H16N2O2. The summed E-state index contributed by atoms with van der Waals surface area (Å²) in [6, 6.07) is 14.3. The van der Waals surface area contributed by atoms with Gasteiger partial charge in [-0.15, -0.1) is 0 Å². The van der Waals surface area contributed by atoms with Crippen LogP contribution in [0.5, 0.6) is 0 Å². The summed E-state index contributed by atoms with van der Waals surface area (Å²) in [6.45, 7) is 3.72. The zero-order valence-electron chi connectivity index (χ0n) is 11.4.